The Morgan fingerprint density at radius 2 is 1.77 bits per heavy atom. The van der Waals surface area contributed by atoms with E-state index in [4.69, 9.17) is 23.7 Å². The van der Waals surface area contributed by atoms with Crippen molar-refractivity contribution in [3.8, 4) is 0 Å². The van der Waals surface area contributed by atoms with E-state index >= 15 is 0 Å². The number of carbonyl (C=O) groups is 2. The standard InChI is InChI=1S/C23H40O8/c1-22(2,3)21(26)30-17-23(16-24)15-19(20(25)31-23)11-9-7-5-6-8-10-12-28-18-29-14-13-27-4/h11,24H,5-10,12-18H2,1-4H3/b19-11+. The largest absolute Gasteiger partial charge is 0.461 e. The van der Waals surface area contributed by atoms with E-state index in [-0.39, 0.29) is 19.6 Å². The molecule has 0 aliphatic carbocycles. The number of allylic oxidation sites excluding steroid dienone is 1. The fourth-order valence-corrected chi connectivity index (χ4v) is 2.98. The van der Waals surface area contributed by atoms with E-state index in [2.05, 4.69) is 0 Å². The van der Waals surface area contributed by atoms with E-state index in [1.54, 1.807) is 27.9 Å². The molecule has 1 atom stereocenters. The third-order valence-electron chi connectivity index (χ3n) is 4.93. The molecule has 8 nitrogen and oxygen atoms in total. The first-order valence-electron chi connectivity index (χ1n) is 11.1. The van der Waals surface area contributed by atoms with Crippen LogP contribution in [-0.4, -0.2) is 69.6 Å². The number of aliphatic hydroxyl groups is 1. The van der Waals surface area contributed by atoms with Gasteiger partial charge >= 0.3 is 11.9 Å². The zero-order chi connectivity index (χ0) is 23.2. The summed E-state index contributed by atoms with van der Waals surface area (Å²) in [6.45, 7) is 6.83. The predicted octanol–water partition coefficient (Wildman–Crippen LogP) is 3.16. The highest BCUT2D eigenvalue weighted by Gasteiger charge is 2.45. The summed E-state index contributed by atoms with van der Waals surface area (Å²) in [5, 5.41) is 9.73. The summed E-state index contributed by atoms with van der Waals surface area (Å²) in [4.78, 5) is 24.1. The highest BCUT2D eigenvalue weighted by atomic mass is 16.7. The number of rotatable bonds is 16. The number of carbonyl (C=O) groups excluding carboxylic acids is 2. The molecule has 0 bridgehead atoms. The van der Waals surface area contributed by atoms with Gasteiger partial charge in [-0.3, -0.25) is 4.79 Å². The van der Waals surface area contributed by atoms with E-state index in [0.29, 0.717) is 32.2 Å². The molecule has 1 N–H and O–H groups in total. The fourth-order valence-electron chi connectivity index (χ4n) is 2.98. The minimum Gasteiger partial charge on any atom is -0.461 e. The number of aliphatic hydroxyl groups excluding tert-OH is 1. The highest BCUT2D eigenvalue weighted by Crippen LogP contribution is 2.32. The van der Waals surface area contributed by atoms with Crippen LogP contribution in [-0.2, 0) is 33.3 Å². The van der Waals surface area contributed by atoms with Crippen LogP contribution in [0, 0.1) is 5.41 Å². The van der Waals surface area contributed by atoms with Gasteiger partial charge in [-0.1, -0.05) is 25.3 Å². The first kappa shape index (κ1) is 27.6. The maximum atomic E-state index is 12.2. The molecule has 8 heteroatoms. The molecule has 1 fully saturated rings. The Bertz CT molecular complexity index is 566. The molecule has 0 aromatic rings. The Hall–Kier alpha value is -1.48. The van der Waals surface area contributed by atoms with E-state index in [1.165, 1.54) is 0 Å². The Kier molecular flexibility index (Phi) is 12.9. The first-order valence-corrected chi connectivity index (χ1v) is 11.1. The van der Waals surface area contributed by atoms with Crippen molar-refractivity contribution in [3.63, 3.8) is 0 Å². The number of ether oxygens (including phenoxy) is 5. The van der Waals surface area contributed by atoms with Crippen LogP contribution in [0.25, 0.3) is 0 Å². The summed E-state index contributed by atoms with van der Waals surface area (Å²) in [5.41, 5.74) is -1.28. The Morgan fingerprint density at radius 3 is 2.45 bits per heavy atom. The van der Waals surface area contributed by atoms with Crippen molar-refractivity contribution in [2.75, 3.05) is 46.9 Å². The predicted molar refractivity (Wildman–Crippen MR) is 115 cm³/mol. The molecule has 1 rings (SSSR count). The average Bonchev–Trinajstić information content (AvgIpc) is 3.05. The molecule has 0 spiro atoms. The van der Waals surface area contributed by atoms with Crippen molar-refractivity contribution in [1.82, 2.24) is 0 Å². The van der Waals surface area contributed by atoms with Crippen LogP contribution in [0.2, 0.25) is 0 Å². The quantitative estimate of drug-likeness (QED) is 0.168. The fraction of sp³-hybridized carbons (Fsp3) is 0.826. The van der Waals surface area contributed by atoms with E-state index in [1.807, 2.05) is 6.08 Å². The molecule has 31 heavy (non-hydrogen) atoms. The maximum absolute atomic E-state index is 12.2. The minimum absolute atomic E-state index is 0.137. The third kappa shape index (κ3) is 11.1. The van der Waals surface area contributed by atoms with Crippen molar-refractivity contribution >= 4 is 11.9 Å². The van der Waals surface area contributed by atoms with Crippen LogP contribution in [0.15, 0.2) is 11.6 Å². The van der Waals surface area contributed by atoms with Gasteiger partial charge in [-0.05, 0) is 40.0 Å². The number of esters is 2. The lowest BCUT2D eigenvalue weighted by Gasteiger charge is -2.26. The number of methoxy groups -OCH3 is 1. The molecule has 1 aliphatic heterocycles. The molecule has 1 saturated heterocycles. The van der Waals surface area contributed by atoms with Crippen molar-refractivity contribution in [2.45, 2.75) is 71.3 Å². The molecular weight excluding hydrogens is 404 g/mol. The van der Waals surface area contributed by atoms with Gasteiger partial charge in [0, 0.05) is 25.7 Å². The normalized spacial score (nSPS) is 20.3. The van der Waals surface area contributed by atoms with Crippen LogP contribution in [0.4, 0.5) is 0 Å². The maximum Gasteiger partial charge on any atom is 0.334 e. The summed E-state index contributed by atoms with van der Waals surface area (Å²) >= 11 is 0. The van der Waals surface area contributed by atoms with Crippen LogP contribution in [0.1, 0.15) is 65.7 Å². The minimum atomic E-state index is -1.17. The zero-order valence-electron chi connectivity index (χ0n) is 19.6. The van der Waals surface area contributed by atoms with Gasteiger partial charge in [-0.2, -0.15) is 0 Å². The van der Waals surface area contributed by atoms with Crippen molar-refractivity contribution in [3.05, 3.63) is 11.6 Å². The molecule has 0 radical (unpaired) electrons. The van der Waals surface area contributed by atoms with Crippen LogP contribution >= 0.6 is 0 Å². The molecule has 0 amide bonds. The Labute approximate surface area is 186 Å². The molecule has 1 heterocycles. The molecule has 0 aromatic carbocycles. The van der Waals surface area contributed by atoms with Crippen molar-refractivity contribution in [1.29, 1.82) is 0 Å². The summed E-state index contributed by atoms with van der Waals surface area (Å²) in [5.74, 6) is -0.830. The van der Waals surface area contributed by atoms with Crippen LogP contribution in [0.3, 0.4) is 0 Å². The SMILES string of the molecule is COCCOCOCCCCCCC/C=C1\CC(CO)(COC(=O)C(C)(C)C)OC1=O. The van der Waals surface area contributed by atoms with E-state index in [0.717, 1.165) is 38.5 Å². The van der Waals surface area contributed by atoms with Gasteiger partial charge in [0.25, 0.3) is 0 Å². The zero-order valence-corrected chi connectivity index (χ0v) is 19.6. The molecule has 0 saturated carbocycles. The number of unbranched alkanes of at least 4 members (excludes halogenated alkanes) is 5. The summed E-state index contributed by atoms with van der Waals surface area (Å²) in [7, 11) is 1.63. The average molecular weight is 445 g/mol. The first-order chi connectivity index (χ1) is 14.7. The molecular formula is C23H40O8. The summed E-state index contributed by atoms with van der Waals surface area (Å²) in [6, 6.07) is 0. The molecule has 1 aliphatic rings. The topological polar surface area (TPSA) is 101 Å². The number of hydrogen-bond acceptors (Lipinski definition) is 8. The monoisotopic (exact) mass is 444 g/mol. The van der Waals surface area contributed by atoms with Gasteiger partial charge in [-0.15, -0.1) is 0 Å². The van der Waals surface area contributed by atoms with Crippen molar-refractivity contribution < 1.29 is 38.4 Å². The van der Waals surface area contributed by atoms with Crippen LogP contribution in [0.5, 0.6) is 0 Å². The molecule has 0 aromatic heterocycles. The van der Waals surface area contributed by atoms with E-state index in [9.17, 15) is 14.7 Å². The van der Waals surface area contributed by atoms with Gasteiger partial charge in [0.1, 0.15) is 13.4 Å². The van der Waals surface area contributed by atoms with E-state index < -0.39 is 23.0 Å². The molecule has 180 valence electrons. The summed E-state index contributed by atoms with van der Waals surface area (Å²) < 4.78 is 26.1. The smallest absolute Gasteiger partial charge is 0.334 e. The number of cyclic esters (lactones) is 1. The van der Waals surface area contributed by atoms with Gasteiger partial charge in [0.2, 0.25) is 0 Å². The van der Waals surface area contributed by atoms with Gasteiger partial charge < -0.3 is 28.8 Å². The number of hydrogen-bond donors (Lipinski definition) is 1. The third-order valence-corrected chi connectivity index (χ3v) is 4.93. The van der Waals surface area contributed by atoms with Gasteiger partial charge in [0.15, 0.2) is 5.60 Å². The van der Waals surface area contributed by atoms with Gasteiger partial charge in [-0.25, -0.2) is 4.79 Å². The lowest BCUT2D eigenvalue weighted by molar-refractivity contribution is -0.171. The van der Waals surface area contributed by atoms with Gasteiger partial charge in [0.05, 0.1) is 25.2 Å². The lowest BCUT2D eigenvalue weighted by atomic mass is 9.96. The second-order valence-electron chi connectivity index (χ2n) is 8.95. The Balaban J connectivity index is 2.19. The highest BCUT2D eigenvalue weighted by molar-refractivity contribution is 5.91. The van der Waals surface area contributed by atoms with Crippen LogP contribution < -0.4 is 0 Å². The van der Waals surface area contributed by atoms with Crippen molar-refractivity contribution in [2.24, 2.45) is 5.41 Å². The second kappa shape index (κ2) is 14.6. The Morgan fingerprint density at radius 1 is 1.10 bits per heavy atom. The lowest BCUT2D eigenvalue weighted by Crippen LogP contribution is -2.40. The summed E-state index contributed by atoms with van der Waals surface area (Å²) in [6.07, 6.45) is 8.13. The second-order valence-corrected chi connectivity index (χ2v) is 8.95. The molecule has 1 unspecified atom stereocenters.